The van der Waals surface area contributed by atoms with Crippen molar-refractivity contribution < 1.29 is 9.13 Å². The minimum absolute atomic E-state index is 0.174. The van der Waals surface area contributed by atoms with E-state index in [0.29, 0.717) is 22.1 Å². The van der Waals surface area contributed by atoms with E-state index in [0.717, 1.165) is 9.86 Å². The molecule has 2 aromatic carbocycles. The molecule has 0 radical (unpaired) electrons. The summed E-state index contributed by atoms with van der Waals surface area (Å²) in [6.45, 7) is 0. The normalized spacial score (nSPS) is 10.9. The standard InChI is InChI=1S/C15H9BrClFN2O/c1-21-13-5-2-8(6-11(13)18)15-19-12-7-9(16)3-4-10(12)14(17)20-15/h2-7H,1H3. The van der Waals surface area contributed by atoms with Gasteiger partial charge < -0.3 is 4.74 Å². The van der Waals surface area contributed by atoms with E-state index < -0.39 is 5.82 Å². The Morgan fingerprint density at radius 3 is 2.67 bits per heavy atom. The average molecular weight is 368 g/mol. The Morgan fingerprint density at radius 2 is 1.95 bits per heavy atom. The number of fused-ring (bicyclic) bond motifs is 1. The second-order valence-electron chi connectivity index (χ2n) is 4.35. The minimum Gasteiger partial charge on any atom is -0.494 e. The summed E-state index contributed by atoms with van der Waals surface area (Å²) in [5, 5.41) is 1.08. The van der Waals surface area contributed by atoms with E-state index in [2.05, 4.69) is 25.9 Å². The Balaban J connectivity index is 2.18. The molecule has 0 aliphatic rings. The monoisotopic (exact) mass is 366 g/mol. The third kappa shape index (κ3) is 2.71. The van der Waals surface area contributed by atoms with Gasteiger partial charge in [-0.2, -0.15) is 0 Å². The first-order valence-corrected chi connectivity index (χ1v) is 7.22. The van der Waals surface area contributed by atoms with Gasteiger partial charge in [-0.05, 0) is 36.4 Å². The van der Waals surface area contributed by atoms with E-state index in [1.54, 1.807) is 6.07 Å². The van der Waals surface area contributed by atoms with Gasteiger partial charge in [-0.3, -0.25) is 0 Å². The van der Waals surface area contributed by atoms with Crippen molar-refractivity contribution in [3.8, 4) is 17.1 Å². The molecule has 106 valence electrons. The van der Waals surface area contributed by atoms with Crippen LogP contribution in [-0.4, -0.2) is 17.1 Å². The quantitative estimate of drug-likeness (QED) is 0.607. The highest BCUT2D eigenvalue weighted by Gasteiger charge is 2.11. The van der Waals surface area contributed by atoms with Crippen molar-refractivity contribution >= 4 is 38.4 Å². The lowest BCUT2D eigenvalue weighted by atomic mass is 10.2. The lowest BCUT2D eigenvalue weighted by Crippen LogP contribution is -1.94. The van der Waals surface area contributed by atoms with Gasteiger partial charge in [0, 0.05) is 15.4 Å². The molecule has 0 fully saturated rings. The van der Waals surface area contributed by atoms with Crippen molar-refractivity contribution in [1.29, 1.82) is 0 Å². The van der Waals surface area contributed by atoms with Gasteiger partial charge in [-0.25, -0.2) is 14.4 Å². The number of nitrogens with zero attached hydrogens (tertiary/aromatic N) is 2. The van der Waals surface area contributed by atoms with Crippen LogP contribution in [-0.2, 0) is 0 Å². The summed E-state index contributed by atoms with van der Waals surface area (Å²) in [5.41, 5.74) is 1.23. The van der Waals surface area contributed by atoms with Crippen molar-refractivity contribution in [3.63, 3.8) is 0 Å². The van der Waals surface area contributed by atoms with Crippen LogP contribution in [0.15, 0.2) is 40.9 Å². The van der Waals surface area contributed by atoms with Gasteiger partial charge in [-0.15, -0.1) is 0 Å². The molecule has 0 bridgehead atoms. The molecule has 0 saturated carbocycles. The number of hydrogen-bond donors (Lipinski definition) is 0. The van der Waals surface area contributed by atoms with Gasteiger partial charge in [0.1, 0.15) is 5.15 Å². The number of halogens is 3. The fraction of sp³-hybridized carbons (Fsp3) is 0.0667. The SMILES string of the molecule is COc1ccc(-c2nc(Cl)c3ccc(Br)cc3n2)cc1F. The summed E-state index contributed by atoms with van der Waals surface area (Å²) in [4.78, 5) is 8.66. The maximum absolute atomic E-state index is 13.8. The van der Waals surface area contributed by atoms with Gasteiger partial charge in [0.05, 0.1) is 12.6 Å². The van der Waals surface area contributed by atoms with E-state index in [4.69, 9.17) is 16.3 Å². The Labute approximate surface area is 133 Å². The van der Waals surface area contributed by atoms with Crippen molar-refractivity contribution in [2.75, 3.05) is 7.11 Å². The highest BCUT2D eigenvalue weighted by molar-refractivity contribution is 9.10. The lowest BCUT2D eigenvalue weighted by molar-refractivity contribution is 0.386. The van der Waals surface area contributed by atoms with E-state index in [1.807, 2.05) is 18.2 Å². The van der Waals surface area contributed by atoms with Crippen LogP contribution in [0.1, 0.15) is 0 Å². The Bertz CT molecular complexity index is 841. The van der Waals surface area contributed by atoms with Crippen LogP contribution in [0.5, 0.6) is 5.75 Å². The van der Waals surface area contributed by atoms with Crippen molar-refractivity contribution in [1.82, 2.24) is 9.97 Å². The van der Waals surface area contributed by atoms with Gasteiger partial charge in [-0.1, -0.05) is 27.5 Å². The largest absolute Gasteiger partial charge is 0.494 e. The number of aromatic nitrogens is 2. The average Bonchev–Trinajstić information content (AvgIpc) is 2.46. The highest BCUT2D eigenvalue weighted by atomic mass is 79.9. The molecule has 1 heterocycles. The fourth-order valence-corrected chi connectivity index (χ4v) is 2.59. The number of benzene rings is 2. The Morgan fingerprint density at radius 1 is 1.14 bits per heavy atom. The molecule has 6 heteroatoms. The molecule has 0 unspecified atom stereocenters. The first kappa shape index (κ1) is 14.2. The lowest BCUT2D eigenvalue weighted by Gasteiger charge is -2.07. The van der Waals surface area contributed by atoms with Crippen LogP contribution < -0.4 is 4.74 Å². The van der Waals surface area contributed by atoms with E-state index in [-0.39, 0.29) is 5.75 Å². The molecular weight excluding hydrogens is 359 g/mol. The van der Waals surface area contributed by atoms with E-state index in [1.165, 1.54) is 19.2 Å². The zero-order valence-corrected chi connectivity index (χ0v) is 13.2. The Hall–Kier alpha value is -1.72. The molecular formula is C15H9BrClFN2O. The molecule has 0 N–H and O–H groups in total. The van der Waals surface area contributed by atoms with Crippen LogP contribution in [0.25, 0.3) is 22.3 Å². The highest BCUT2D eigenvalue weighted by Crippen LogP contribution is 2.28. The fourth-order valence-electron chi connectivity index (χ4n) is 2.00. The molecule has 0 aliphatic carbocycles. The number of ether oxygens (including phenoxy) is 1. The topological polar surface area (TPSA) is 35.0 Å². The molecule has 3 rings (SSSR count). The predicted octanol–water partition coefficient (Wildman–Crippen LogP) is 4.86. The molecule has 21 heavy (non-hydrogen) atoms. The zero-order valence-electron chi connectivity index (χ0n) is 10.9. The minimum atomic E-state index is -0.468. The summed E-state index contributed by atoms with van der Waals surface area (Å²) in [5.74, 6) is 0.0737. The molecule has 0 aliphatic heterocycles. The summed E-state index contributed by atoms with van der Waals surface area (Å²) in [6.07, 6.45) is 0. The maximum Gasteiger partial charge on any atom is 0.165 e. The maximum atomic E-state index is 13.8. The third-order valence-electron chi connectivity index (χ3n) is 3.02. The van der Waals surface area contributed by atoms with Crippen LogP contribution in [0.3, 0.4) is 0 Å². The van der Waals surface area contributed by atoms with Crippen molar-refractivity contribution in [2.24, 2.45) is 0 Å². The zero-order chi connectivity index (χ0) is 15.0. The van der Waals surface area contributed by atoms with Gasteiger partial charge in [0.25, 0.3) is 0 Å². The van der Waals surface area contributed by atoms with Crippen molar-refractivity contribution in [2.45, 2.75) is 0 Å². The summed E-state index contributed by atoms with van der Waals surface area (Å²) >= 11 is 9.57. The predicted molar refractivity (Wildman–Crippen MR) is 84.2 cm³/mol. The van der Waals surface area contributed by atoms with Gasteiger partial charge in [0.15, 0.2) is 17.4 Å². The molecule has 1 aromatic heterocycles. The number of rotatable bonds is 2. The van der Waals surface area contributed by atoms with Crippen LogP contribution in [0.4, 0.5) is 4.39 Å². The smallest absolute Gasteiger partial charge is 0.165 e. The Kier molecular flexibility index (Phi) is 3.78. The first-order chi connectivity index (χ1) is 10.1. The third-order valence-corrected chi connectivity index (χ3v) is 3.80. The second kappa shape index (κ2) is 5.58. The molecule has 0 amide bonds. The van der Waals surface area contributed by atoms with Gasteiger partial charge in [0.2, 0.25) is 0 Å². The summed E-state index contributed by atoms with van der Waals surface area (Å²) in [7, 11) is 1.42. The molecule has 0 spiro atoms. The number of hydrogen-bond acceptors (Lipinski definition) is 3. The number of methoxy groups -OCH3 is 1. The molecule has 3 aromatic rings. The van der Waals surface area contributed by atoms with Crippen LogP contribution >= 0.6 is 27.5 Å². The first-order valence-electron chi connectivity index (χ1n) is 6.05. The van der Waals surface area contributed by atoms with E-state index in [9.17, 15) is 4.39 Å². The van der Waals surface area contributed by atoms with E-state index >= 15 is 0 Å². The summed E-state index contributed by atoms with van der Waals surface area (Å²) in [6, 6.07) is 10.1. The van der Waals surface area contributed by atoms with Gasteiger partial charge >= 0.3 is 0 Å². The van der Waals surface area contributed by atoms with Crippen molar-refractivity contribution in [3.05, 3.63) is 51.8 Å². The van der Waals surface area contributed by atoms with Crippen LogP contribution in [0, 0.1) is 5.82 Å². The molecule has 0 saturated heterocycles. The second-order valence-corrected chi connectivity index (χ2v) is 5.62. The molecule has 0 atom stereocenters. The van der Waals surface area contributed by atoms with Crippen LogP contribution in [0.2, 0.25) is 5.15 Å². The summed E-state index contributed by atoms with van der Waals surface area (Å²) < 4.78 is 19.6. The molecule has 3 nitrogen and oxygen atoms in total.